The van der Waals surface area contributed by atoms with Gasteiger partial charge in [0.25, 0.3) is 0 Å². The third-order valence-corrected chi connectivity index (χ3v) is 2.70. The molecule has 2 aromatic rings. The first kappa shape index (κ1) is 12.7. The van der Waals surface area contributed by atoms with E-state index in [9.17, 15) is 0 Å². The van der Waals surface area contributed by atoms with E-state index in [0.29, 0.717) is 6.54 Å². The van der Waals surface area contributed by atoms with Gasteiger partial charge in [-0.1, -0.05) is 6.07 Å². The minimum atomic E-state index is 0.158. The molecule has 0 unspecified atom stereocenters. The predicted octanol–water partition coefficient (Wildman–Crippen LogP) is 1.47. The molecule has 0 saturated heterocycles. The Hall–Kier alpha value is -1.78. The van der Waals surface area contributed by atoms with Crippen LogP contribution in [0.2, 0.25) is 0 Å². The second-order valence-electron chi connectivity index (χ2n) is 4.15. The number of aliphatic hydroxyl groups is 1. The van der Waals surface area contributed by atoms with Gasteiger partial charge in [0.15, 0.2) is 0 Å². The van der Waals surface area contributed by atoms with Gasteiger partial charge in [-0.2, -0.15) is 0 Å². The third-order valence-electron chi connectivity index (χ3n) is 2.70. The van der Waals surface area contributed by atoms with Gasteiger partial charge in [0, 0.05) is 44.4 Å². The van der Waals surface area contributed by atoms with E-state index >= 15 is 0 Å². The molecule has 4 heteroatoms. The number of pyridine rings is 2. The molecule has 0 spiro atoms. The van der Waals surface area contributed by atoms with Gasteiger partial charge in [-0.15, -0.1) is 0 Å². The summed E-state index contributed by atoms with van der Waals surface area (Å²) in [5.41, 5.74) is 2.35. The average molecular weight is 243 g/mol. The highest BCUT2D eigenvalue weighted by Gasteiger charge is 2.06. The quantitative estimate of drug-likeness (QED) is 0.834. The summed E-state index contributed by atoms with van der Waals surface area (Å²) in [6, 6.07) is 7.96. The second kappa shape index (κ2) is 6.83. The van der Waals surface area contributed by atoms with E-state index in [-0.39, 0.29) is 6.61 Å². The predicted molar refractivity (Wildman–Crippen MR) is 69.7 cm³/mol. The SMILES string of the molecule is OCCN(Cc1ccncc1)Cc1cccnc1. The molecule has 0 saturated carbocycles. The summed E-state index contributed by atoms with van der Waals surface area (Å²) in [6.07, 6.45) is 7.20. The maximum absolute atomic E-state index is 9.12. The Morgan fingerprint density at radius 1 is 0.944 bits per heavy atom. The Kier molecular flexibility index (Phi) is 4.81. The Morgan fingerprint density at radius 3 is 2.39 bits per heavy atom. The number of rotatable bonds is 6. The van der Waals surface area contributed by atoms with Gasteiger partial charge in [-0.3, -0.25) is 14.9 Å². The zero-order chi connectivity index (χ0) is 12.6. The van der Waals surface area contributed by atoms with Crippen LogP contribution < -0.4 is 0 Å². The zero-order valence-electron chi connectivity index (χ0n) is 10.2. The summed E-state index contributed by atoms with van der Waals surface area (Å²) >= 11 is 0. The number of aromatic nitrogens is 2. The van der Waals surface area contributed by atoms with Crippen molar-refractivity contribution < 1.29 is 5.11 Å². The van der Waals surface area contributed by atoms with Crippen molar-refractivity contribution >= 4 is 0 Å². The van der Waals surface area contributed by atoms with E-state index in [2.05, 4.69) is 14.9 Å². The topological polar surface area (TPSA) is 49.2 Å². The lowest BCUT2D eigenvalue weighted by atomic mass is 10.2. The molecule has 0 radical (unpaired) electrons. The molecule has 0 bridgehead atoms. The number of nitrogens with zero attached hydrogens (tertiary/aromatic N) is 3. The van der Waals surface area contributed by atoms with Gasteiger partial charge in [-0.25, -0.2) is 0 Å². The van der Waals surface area contributed by atoms with Crippen molar-refractivity contribution in [2.45, 2.75) is 13.1 Å². The van der Waals surface area contributed by atoms with Crippen LogP contribution in [0.1, 0.15) is 11.1 Å². The Morgan fingerprint density at radius 2 is 1.72 bits per heavy atom. The van der Waals surface area contributed by atoms with Crippen LogP contribution in [0.3, 0.4) is 0 Å². The standard InChI is InChI=1S/C14H17N3O/c18-9-8-17(11-13-3-6-15-7-4-13)12-14-2-1-5-16-10-14/h1-7,10,18H,8-9,11-12H2. The van der Waals surface area contributed by atoms with E-state index < -0.39 is 0 Å². The first-order valence-electron chi connectivity index (χ1n) is 5.99. The van der Waals surface area contributed by atoms with Crippen LogP contribution >= 0.6 is 0 Å². The largest absolute Gasteiger partial charge is 0.395 e. The van der Waals surface area contributed by atoms with Gasteiger partial charge in [0.05, 0.1) is 6.61 Å². The Bertz CT molecular complexity index is 406. The van der Waals surface area contributed by atoms with E-state index in [1.54, 1.807) is 18.6 Å². The molecule has 0 aliphatic rings. The molecule has 18 heavy (non-hydrogen) atoms. The lowest BCUT2D eigenvalue weighted by molar-refractivity contribution is 0.184. The number of hydrogen-bond acceptors (Lipinski definition) is 4. The molecule has 0 aliphatic carbocycles. The van der Waals surface area contributed by atoms with Crippen LogP contribution in [0, 0.1) is 0 Å². The zero-order valence-corrected chi connectivity index (χ0v) is 10.2. The first-order valence-corrected chi connectivity index (χ1v) is 5.99. The molecule has 0 amide bonds. The Balaban J connectivity index is 2.00. The normalized spacial score (nSPS) is 10.8. The summed E-state index contributed by atoms with van der Waals surface area (Å²) in [5.74, 6) is 0. The van der Waals surface area contributed by atoms with Crippen molar-refractivity contribution in [3.8, 4) is 0 Å². The fourth-order valence-corrected chi connectivity index (χ4v) is 1.85. The summed E-state index contributed by atoms with van der Waals surface area (Å²) in [4.78, 5) is 10.3. The van der Waals surface area contributed by atoms with Crippen molar-refractivity contribution in [3.05, 3.63) is 60.2 Å². The summed E-state index contributed by atoms with van der Waals surface area (Å²) in [6.45, 7) is 2.40. The number of hydrogen-bond donors (Lipinski definition) is 1. The van der Waals surface area contributed by atoms with Gasteiger partial charge in [0.1, 0.15) is 0 Å². The van der Waals surface area contributed by atoms with Crippen molar-refractivity contribution in [1.29, 1.82) is 0 Å². The van der Waals surface area contributed by atoms with Gasteiger partial charge in [-0.05, 0) is 29.3 Å². The maximum atomic E-state index is 9.12. The summed E-state index contributed by atoms with van der Waals surface area (Å²) in [5, 5.41) is 9.12. The van der Waals surface area contributed by atoms with Crippen LogP contribution in [0.4, 0.5) is 0 Å². The molecule has 0 fully saturated rings. The molecule has 2 aromatic heterocycles. The second-order valence-corrected chi connectivity index (χ2v) is 4.15. The maximum Gasteiger partial charge on any atom is 0.0558 e. The molecule has 4 nitrogen and oxygen atoms in total. The third kappa shape index (κ3) is 3.91. The van der Waals surface area contributed by atoms with Crippen LogP contribution in [0.5, 0.6) is 0 Å². The van der Waals surface area contributed by atoms with Gasteiger partial charge in [0.2, 0.25) is 0 Å². The molecular formula is C14H17N3O. The van der Waals surface area contributed by atoms with Crippen molar-refractivity contribution in [1.82, 2.24) is 14.9 Å². The minimum Gasteiger partial charge on any atom is -0.395 e. The van der Waals surface area contributed by atoms with E-state index in [1.165, 1.54) is 5.56 Å². The smallest absolute Gasteiger partial charge is 0.0558 e. The fraction of sp³-hybridized carbons (Fsp3) is 0.286. The monoisotopic (exact) mass is 243 g/mol. The van der Waals surface area contributed by atoms with Crippen LogP contribution in [0.15, 0.2) is 49.1 Å². The molecule has 2 heterocycles. The highest BCUT2D eigenvalue weighted by Crippen LogP contribution is 2.08. The highest BCUT2D eigenvalue weighted by molar-refractivity contribution is 5.11. The fourth-order valence-electron chi connectivity index (χ4n) is 1.85. The van der Waals surface area contributed by atoms with Crippen LogP contribution in [-0.4, -0.2) is 33.1 Å². The minimum absolute atomic E-state index is 0.158. The van der Waals surface area contributed by atoms with Crippen molar-refractivity contribution in [2.75, 3.05) is 13.2 Å². The first-order chi connectivity index (χ1) is 8.88. The molecule has 1 N–H and O–H groups in total. The van der Waals surface area contributed by atoms with Crippen LogP contribution in [0.25, 0.3) is 0 Å². The van der Waals surface area contributed by atoms with Crippen molar-refractivity contribution in [2.24, 2.45) is 0 Å². The van der Waals surface area contributed by atoms with Gasteiger partial charge >= 0.3 is 0 Å². The summed E-state index contributed by atoms with van der Waals surface area (Å²) < 4.78 is 0. The molecule has 0 atom stereocenters. The lowest BCUT2D eigenvalue weighted by Gasteiger charge is -2.21. The molecular weight excluding hydrogens is 226 g/mol. The Labute approximate surface area is 107 Å². The summed E-state index contributed by atoms with van der Waals surface area (Å²) in [7, 11) is 0. The molecule has 94 valence electrons. The molecule has 0 aliphatic heterocycles. The van der Waals surface area contributed by atoms with E-state index in [1.807, 2.05) is 30.5 Å². The lowest BCUT2D eigenvalue weighted by Crippen LogP contribution is -2.26. The van der Waals surface area contributed by atoms with Crippen LogP contribution in [-0.2, 0) is 13.1 Å². The van der Waals surface area contributed by atoms with Crippen molar-refractivity contribution in [3.63, 3.8) is 0 Å². The van der Waals surface area contributed by atoms with E-state index in [0.717, 1.165) is 18.7 Å². The average Bonchev–Trinajstić information content (AvgIpc) is 2.41. The molecule has 0 aromatic carbocycles. The molecule has 2 rings (SSSR count). The number of aliphatic hydroxyl groups excluding tert-OH is 1. The highest BCUT2D eigenvalue weighted by atomic mass is 16.3. The van der Waals surface area contributed by atoms with Gasteiger partial charge < -0.3 is 5.11 Å². The van der Waals surface area contributed by atoms with E-state index in [4.69, 9.17) is 5.11 Å².